The monoisotopic (exact) mass is 486 g/mol. The zero-order chi connectivity index (χ0) is 25.9. The molecule has 3 amide bonds. The molecule has 5 N–H and O–H groups in total. The van der Waals surface area contributed by atoms with Crippen molar-refractivity contribution in [1.82, 2.24) is 15.5 Å². The number of rotatable bonds is 11. The molecule has 1 aliphatic rings. The van der Waals surface area contributed by atoms with Crippen molar-refractivity contribution in [2.75, 3.05) is 26.7 Å². The molecule has 1 unspecified atom stereocenters. The van der Waals surface area contributed by atoms with Crippen molar-refractivity contribution in [3.05, 3.63) is 0 Å². The van der Waals surface area contributed by atoms with Crippen molar-refractivity contribution in [2.24, 2.45) is 11.7 Å². The quantitative estimate of drug-likeness (QED) is 0.237. The van der Waals surface area contributed by atoms with Crippen molar-refractivity contribution in [1.29, 1.82) is 0 Å². The minimum Gasteiger partial charge on any atom is -0.481 e. The Kier molecular flexibility index (Phi) is 11.8. The number of nitrogens with zero attached hydrogens (tertiary/aromatic N) is 1. The number of ether oxygens (including phenoxy) is 2. The zero-order valence-corrected chi connectivity index (χ0v) is 20.4. The lowest BCUT2D eigenvalue weighted by Gasteiger charge is -2.35. The van der Waals surface area contributed by atoms with Crippen LogP contribution in [-0.4, -0.2) is 84.3 Å². The Balaban J connectivity index is 2.86. The lowest BCUT2D eigenvalue weighted by Crippen LogP contribution is -2.54. The van der Waals surface area contributed by atoms with Crippen LogP contribution in [0.3, 0.4) is 0 Å². The molecule has 34 heavy (non-hydrogen) atoms. The fraction of sp³-hybridized carbons (Fsp3) is 0.773. The molecule has 3 atom stereocenters. The number of hydrogen-bond donors (Lipinski definition) is 4. The number of hydrogen-bond acceptors (Lipinski definition) is 8. The third kappa shape index (κ3) is 10.4. The van der Waals surface area contributed by atoms with Crippen molar-refractivity contribution >= 4 is 29.8 Å². The molecule has 0 aromatic rings. The van der Waals surface area contributed by atoms with Gasteiger partial charge >= 0.3 is 18.0 Å². The molecule has 1 rings (SSSR count). The molecule has 0 bridgehead atoms. The Bertz CT molecular complexity index is 737. The summed E-state index contributed by atoms with van der Waals surface area (Å²) in [4.78, 5) is 62.6. The first-order valence-corrected chi connectivity index (χ1v) is 11.5. The van der Waals surface area contributed by atoms with Gasteiger partial charge in [-0.3, -0.25) is 14.4 Å². The van der Waals surface area contributed by atoms with Gasteiger partial charge in [0.05, 0.1) is 19.4 Å². The van der Waals surface area contributed by atoms with Crippen LogP contribution in [0.2, 0.25) is 0 Å². The SMILES string of the molecule is COC(=O)[C@H](CC(=O)O)NC(=O)C1CCCN(C(=O)[C@@H](CCCCN)NC(=O)OC(C)(C)C)C1. The minimum atomic E-state index is -1.32. The summed E-state index contributed by atoms with van der Waals surface area (Å²) in [5, 5.41) is 14.0. The summed E-state index contributed by atoms with van der Waals surface area (Å²) in [6.07, 6.45) is 1.35. The maximum absolute atomic E-state index is 13.2. The van der Waals surface area contributed by atoms with Gasteiger partial charge in [0.25, 0.3) is 0 Å². The standard InChI is InChI=1S/C22H38N4O8/c1-22(2,3)34-21(32)25-15(9-5-6-10-23)19(30)26-11-7-8-14(13-26)18(29)24-16(12-17(27)28)20(31)33-4/h14-16H,5-13,23H2,1-4H3,(H,24,29)(H,25,32)(H,27,28)/t14?,15-,16+/m1/s1. The van der Waals surface area contributed by atoms with E-state index < -0.39 is 54.0 Å². The number of esters is 1. The highest BCUT2D eigenvalue weighted by Gasteiger charge is 2.35. The molecule has 0 spiro atoms. The van der Waals surface area contributed by atoms with Gasteiger partial charge in [-0.25, -0.2) is 9.59 Å². The first-order chi connectivity index (χ1) is 15.9. The highest BCUT2D eigenvalue weighted by molar-refractivity contribution is 5.90. The first kappa shape index (κ1) is 29.1. The van der Waals surface area contributed by atoms with Gasteiger partial charge in [0.2, 0.25) is 11.8 Å². The number of nitrogens with two attached hydrogens (primary N) is 1. The number of alkyl carbamates (subject to hydrolysis) is 1. The van der Waals surface area contributed by atoms with Gasteiger partial charge in [-0.1, -0.05) is 0 Å². The van der Waals surface area contributed by atoms with Crippen LogP contribution in [0, 0.1) is 5.92 Å². The van der Waals surface area contributed by atoms with Gasteiger partial charge in [-0.15, -0.1) is 0 Å². The summed E-state index contributed by atoms with van der Waals surface area (Å²) in [6, 6.07) is -2.16. The average molecular weight is 487 g/mol. The number of carboxylic acid groups (broad SMARTS) is 1. The Hall–Kier alpha value is -2.89. The van der Waals surface area contributed by atoms with Gasteiger partial charge in [-0.2, -0.15) is 0 Å². The average Bonchev–Trinajstić information content (AvgIpc) is 2.75. The third-order valence-corrected chi connectivity index (χ3v) is 5.22. The number of nitrogens with one attached hydrogen (secondary N) is 2. The zero-order valence-electron chi connectivity index (χ0n) is 20.4. The van der Waals surface area contributed by atoms with Crippen LogP contribution in [0.25, 0.3) is 0 Å². The molecule has 194 valence electrons. The summed E-state index contributed by atoms with van der Waals surface area (Å²) in [6.45, 7) is 6.10. The van der Waals surface area contributed by atoms with E-state index in [1.807, 2.05) is 0 Å². The second kappa shape index (κ2) is 13.7. The summed E-state index contributed by atoms with van der Waals surface area (Å²) in [5.74, 6) is -3.63. The van der Waals surface area contributed by atoms with E-state index in [2.05, 4.69) is 15.4 Å². The molecule has 1 heterocycles. The number of unbranched alkanes of at least 4 members (excludes halogenated alkanes) is 1. The molecule has 0 saturated carbocycles. The molecule has 0 aromatic heterocycles. The Morgan fingerprint density at radius 2 is 1.79 bits per heavy atom. The van der Waals surface area contributed by atoms with Gasteiger partial charge in [0.1, 0.15) is 17.7 Å². The fourth-order valence-electron chi connectivity index (χ4n) is 3.61. The van der Waals surface area contributed by atoms with Crippen LogP contribution in [0.4, 0.5) is 4.79 Å². The van der Waals surface area contributed by atoms with E-state index in [0.29, 0.717) is 45.2 Å². The molecule has 1 saturated heterocycles. The Morgan fingerprint density at radius 3 is 2.35 bits per heavy atom. The fourth-order valence-corrected chi connectivity index (χ4v) is 3.61. The van der Waals surface area contributed by atoms with E-state index in [9.17, 15) is 24.0 Å². The number of piperidine rings is 1. The summed E-state index contributed by atoms with van der Waals surface area (Å²) >= 11 is 0. The maximum Gasteiger partial charge on any atom is 0.408 e. The summed E-state index contributed by atoms with van der Waals surface area (Å²) < 4.78 is 9.85. The van der Waals surface area contributed by atoms with Crippen molar-refractivity contribution in [2.45, 2.75) is 77.0 Å². The largest absolute Gasteiger partial charge is 0.481 e. The molecule has 0 radical (unpaired) electrons. The molecule has 12 nitrogen and oxygen atoms in total. The third-order valence-electron chi connectivity index (χ3n) is 5.22. The van der Waals surface area contributed by atoms with Crippen molar-refractivity contribution < 1.29 is 38.6 Å². The Labute approximate surface area is 199 Å². The summed E-state index contributed by atoms with van der Waals surface area (Å²) in [5.41, 5.74) is 4.82. The number of methoxy groups -OCH3 is 1. The Morgan fingerprint density at radius 1 is 1.12 bits per heavy atom. The molecule has 1 aliphatic heterocycles. The van der Waals surface area contributed by atoms with E-state index in [0.717, 1.165) is 7.11 Å². The van der Waals surface area contributed by atoms with Gasteiger partial charge in [0.15, 0.2) is 0 Å². The second-order valence-electron chi connectivity index (χ2n) is 9.29. The lowest BCUT2D eigenvalue weighted by molar-refractivity contribution is -0.150. The number of aliphatic carboxylic acids is 1. The van der Waals surface area contributed by atoms with Crippen molar-refractivity contribution in [3.63, 3.8) is 0 Å². The molecule has 0 aromatic carbocycles. The topological polar surface area (TPSA) is 177 Å². The van der Waals surface area contributed by atoms with Crippen LogP contribution in [0.5, 0.6) is 0 Å². The molecule has 0 aliphatic carbocycles. The highest BCUT2D eigenvalue weighted by atomic mass is 16.6. The van der Waals surface area contributed by atoms with Crippen LogP contribution in [0.15, 0.2) is 0 Å². The van der Waals surface area contributed by atoms with Gasteiger partial charge in [-0.05, 0) is 59.4 Å². The molecule has 1 fully saturated rings. The molecular weight excluding hydrogens is 448 g/mol. The predicted octanol–water partition coefficient (Wildman–Crippen LogP) is 0.380. The van der Waals surface area contributed by atoms with Crippen LogP contribution >= 0.6 is 0 Å². The van der Waals surface area contributed by atoms with Crippen LogP contribution in [0.1, 0.15) is 59.3 Å². The lowest BCUT2D eigenvalue weighted by atomic mass is 9.95. The van der Waals surface area contributed by atoms with E-state index >= 15 is 0 Å². The molecule has 12 heteroatoms. The highest BCUT2D eigenvalue weighted by Crippen LogP contribution is 2.19. The first-order valence-electron chi connectivity index (χ1n) is 11.5. The molecular formula is C22H38N4O8. The smallest absolute Gasteiger partial charge is 0.408 e. The number of amides is 3. The van der Waals surface area contributed by atoms with E-state index in [1.54, 1.807) is 20.8 Å². The maximum atomic E-state index is 13.2. The number of carbonyl (C=O) groups excluding carboxylic acids is 4. The normalized spacial score (nSPS) is 17.8. The van der Waals surface area contributed by atoms with Gasteiger partial charge < -0.3 is 35.8 Å². The van der Waals surface area contributed by atoms with E-state index in [1.165, 1.54) is 4.90 Å². The van der Waals surface area contributed by atoms with Gasteiger partial charge in [0, 0.05) is 13.1 Å². The van der Waals surface area contributed by atoms with E-state index in [4.69, 9.17) is 15.6 Å². The number of carbonyl (C=O) groups is 5. The second-order valence-corrected chi connectivity index (χ2v) is 9.29. The van der Waals surface area contributed by atoms with Crippen LogP contribution < -0.4 is 16.4 Å². The number of carboxylic acids is 1. The predicted molar refractivity (Wildman–Crippen MR) is 122 cm³/mol. The van der Waals surface area contributed by atoms with Crippen LogP contribution in [-0.2, 0) is 28.7 Å². The minimum absolute atomic E-state index is 0.0784. The summed E-state index contributed by atoms with van der Waals surface area (Å²) in [7, 11) is 1.10. The van der Waals surface area contributed by atoms with E-state index in [-0.39, 0.29) is 12.5 Å². The van der Waals surface area contributed by atoms with Crippen molar-refractivity contribution in [3.8, 4) is 0 Å². The number of likely N-dealkylation sites (tertiary alicyclic amines) is 1.